The predicted molar refractivity (Wildman–Crippen MR) is 114 cm³/mol. The molecule has 0 radical (unpaired) electrons. The van der Waals surface area contributed by atoms with Gasteiger partial charge in [-0.1, -0.05) is 12.1 Å². The summed E-state index contributed by atoms with van der Waals surface area (Å²) in [5.74, 6) is 2.64. The first-order valence-corrected chi connectivity index (χ1v) is 10.0. The van der Waals surface area contributed by atoms with Crippen LogP contribution in [0.4, 0.5) is 0 Å². The topological polar surface area (TPSA) is 69.3 Å². The van der Waals surface area contributed by atoms with E-state index in [1.165, 1.54) is 0 Å². The largest absolute Gasteiger partial charge is 0.497 e. The van der Waals surface area contributed by atoms with E-state index in [-0.39, 0.29) is 5.91 Å². The van der Waals surface area contributed by atoms with Gasteiger partial charge in [-0.05, 0) is 36.6 Å². The van der Waals surface area contributed by atoms with Crippen molar-refractivity contribution in [3.05, 3.63) is 47.5 Å². The standard InChI is InChI=1S/C23H30N2O5/c1-27-19-9-5-16(6-10-19)14-25(18-7-8-18)15-23(26)24-13-17-11-21(29-3)22(30-4)12-20(17)28-2/h5-6,9-12,18H,7-8,13-15H2,1-4H3,(H,24,26). The number of amides is 1. The average Bonchev–Trinajstić information content (AvgIpc) is 3.62. The summed E-state index contributed by atoms with van der Waals surface area (Å²) < 4.78 is 21.3. The number of carbonyl (C=O) groups excluding carboxylic acids is 1. The molecular formula is C23H30N2O5. The van der Waals surface area contributed by atoms with E-state index in [1.807, 2.05) is 30.3 Å². The van der Waals surface area contributed by atoms with Crippen molar-refractivity contribution in [3.8, 4) is 23.0 Å². The van der Waals surface area contributed by atoms with E-state index >= 15 is 0 Å². The number of methoxy groups -OCH3 is 4. The minimum atomic E-state index is -0.0211. The van der Waals surface area contributed by atoms with Gasteiger partial charge in [0.2, 0.25) is 5.91 Å². The highest BCUT2D eigenvalue weighted by Gasteiger charge is 2.30. The number of carbonyl (C=O) groups is 1. The van der Waals surface area contributed by atoms with Crippen LogP contribution < -0.4 is 24.3 Å². The van der Waals surface area contributed by atoms with E-state index < -0.39 is 0 Å². The molecule has 3 rings (SSSR count). The van der Waals surface area contributed by atoms with Crippen LogP contribution in [0.1, 0.15) is 24.0 Å². The number of hydrogen-bond acceptors (Lipinski definition) is 6. The third kappa shape index (κ3) is 5.57. The zero-order valence-corrected chi connectivity index (χ0v) is 18.1. The van der Waals surface area contributed by atoms with Crippen LogP contribution in [0.3, 0.4) is 0 Å². The van der Waals surface area contributed by atoms with Crippen LogP contribution in [-0.4, -0.2) is 51.8 Å². The van der Waals surface area contributed by atoms with Crippen molar-refractivity contribution >= 4 is 5.91 Å². The van der Waals surface area contributed by atoms with Gasteiger partial charge < -0.3 is 24.3 Å². The van der Waals surface area contributed by atoms with Gasteiger partial charge in [-0.25, -0.2) is 0 Å². The summed E-state index contributed by atoms with van der Waals surface area (Å²) >= 11 is 0. The number of rotatable bonds is 11. The van der Waals surface area contributed by atoms with Gasteiger partial charge in [0.15, 0.2) is 11.5 Å². The van der Waals surface area contributed by atoms with Crippen molar-refractivity contribution in [1.82, 2.24) is 10.2 Å². The molecule has 162 valence electrons. The quantitative estimate of drug-likeness (QED) is 0.610. The van der Waals surface area contributed by atoms with Crippen LogP contribution in [0.15, 0.2) is 36.4 Å². The van der Waals surface area contributed by atoms with Gasteiger partial charge in [-0.2, -0.15) is 0 Å². The smallest absolute Gasteiger partial charge is 0.234 e. The number of benzene rings is 2. The van der Waals surface area contributed by atoms with Crippen LogP contribution >= 0.6 is 0 Å². The molecule has 7 heteroatoms. The second-order valence-electron chi connectivity index (χ2n) is 7.28. The Hall–Kier alpha value is -2.93. The number of ether oxygens (including phenoxy) is 4. The molecule has 30 heavy (non-hydrogen) atoms. The second kappa shape index (κ2) is 10.2. The zero-order valence-electron chi connectivity index (χ0n) is 18.1. The lowest BCUT2D eigenvalue weighted by Crippen LogP contribution is -2.37. The summed E-state index contributed by atoms with van der Waals surface area (Å²) in [7, 11) is 6.41. The van der Waals surface area contributed by atoms with Crippen molar-refractivity contribution in [2.24, 2.45) is 0 Å². The molecule has 0 atom stereocenters. The molecule has 1 aliphatic rings. The Morgan fingerprint density at radius 1 is 0.933 bits per heavy atom. The van der Waals surface area contributed by atoms with Gasteiger partial charge in [0.25, 0.3) is 0 Å². The summed E-state index contributed by atoms with van der Waals surface area (Å²) in [6, 6.07) is 12.0. The van der Waals surface area contributed by atoms with Gasteiger partial charge in [0.05, 0.1) is 35.0 Å². The first kappa shape index (κ1) is 21.8. The normalized spacial score (nSPS) is 13.1. The molecule has 2 aromatic rings. The molecule has 0 unspecified atom stereocenters. The monoisotopic (exact) mass is 414 g/mol. The fourth-order valence-electron chi connectivity index (χ4n) is 3.38. The Labute approximate surface area is 177 Å². The van der Waals surface area contributed by atoms with Crippen LogP contribution in [0.25, 0.3) is 0 Å². The van der Waals surface area contributed by atoms with E-state index in [0.29, 0.717) is 36.4 Å². The molecule has 0 saturated heterocycles. The summed E-state index contributed by atoms with van der Waals surface area (Å²) in [5, 5.41) is 3.00. The van der Waals surface area contributed by atoms with E-state index in [4.69, 9.17) is 18.9 Å². The molecule has 0 aliphatic heterocycles. The zero-order chi connectivity index (χ0) is 21.5. The molecule has 1 amide bonds. The van der Waals surface area contributed by atoms with E-state index in [0.717, 1.165) is 36.3 Å². The minimum absolute atomic E-state index is 0.0211. The fraction of sp³-hybridized carbons (Fsp3) is 0.435. The van der Waals surface area contributed by atoms with Crippen LogP contribution in [0.2, 0.25) is 0 Å². The van der Waals surface area contributed by atoms with Gasteiger partial charge >= 0.3 is 0 Å². The van der Waals surface area contributed by atoms with Crippen LogP contribution in [0.5, 0.6) is 23.0 Å². The summed E-state index contributed by atoms with van der Waals surface area (Å²) in [4.78, 5) is 14.9. The van der Waals surface area contributed by atoms with Gasteiger partial charge in [-0.15, -0.1) is 0 Å². The highest BCUT2D eigenvalue weighted by atomic mass is 16.5. The first-order valence-electron chi connectivity index (χ1n) is 10.0. The van der Waals surface area contributed by atoms with Crippen LogP contribution in [-0.2, 0) is 17.9 Å². The van der Waals surface area contributed by atoms with E-state index in [1.54, 1.807) is 34.5 Å². The third-order valence-corrected chi connectivity index (χ3v) is 5.22. The Kier molecular flexibility index (Phi) is 7.41. The molecule has 0 aromatic heterocycles. The molecule has 2 aromatic carbocycles. The lowest BCUT2D eigenvalue weighted by Gasteiger charge is -2.22. The number of hydrogen-bond donors (Lipinski definition) is 1. The molecular weight excluding hydrogens is 384 g/mol. The molecule has 1 fully saturated rings. The third-order valence-electron chi connectivity index (χ3n) is 5.22. The Morgan fingerprint density at radius 2 is 1.57 bits per heavy atom. The lowest BCUT2D eigenvalue weighted by atomic mass is 10.1. The van der Waals surface area contributed by atoms with Crippen molar-refractivity contribution in [3.63, 3.8) is 0 Å². The second-order valence-corrected chi connectivity index (χ2v) is 7.28. The van der Waals surface area contributed by atoms with E-state index in [2.05, 4.69) is 10.2 Å². The Morgan fingerprint density at radius 3 is 2.13 bits per heavy atom. The number of nitrogens with zero attached hydrogens (tertiary/aromatic N) is 1. The van der Waals surface area contributed by atoms with Crippen molar-refractivity contribution in [2.45, 2.75) is 32.0 Å². The highest BCUT2D eigenvalue weighted by Crippen LogP contribution is 2.34. The maximum absolute atomic E-state index is 12.7. The lowest BCUT2D eigenvalue weighted by molar-refractivity contribution is -0.122. The first-order chi connectivity index (χ1) is 14.6. The summed E-state index contributed by atoms with van der Waals surface area (Å²) in [6.45, 7) is 1.44. The minimum Gasteiger partial charge on any atom is -0.497 e. The highest BCUT2D eigenvalue weighted by molar-refractivity contribution is 5.78. The molecule has 0 bridgehead atoms. The van der Waals surface area contributed by atoms with Gasteiger partial charge in [0.1, 0.15) is 11.5 Å². The predicted octanol–water partition coefficient (Wildman–Crippen LogP) is 3.00. The number of nitrogens with one attached hydrogen (secondary N) is 1. The molecule has 1 saturated carbocycles. The summed E-state index contributed by atoms with van der Waals surface area (Å²) in [5.41, 5.74) is 1.99. The van der Waals surface area contributed by atoms with Gasteiger partial charge in [-0.3, -0.25) is 9.69 Å². The summed E-state index contributed by atoms with van der Waals surface area (Å²) in [6.07, 6.45) is 2.26. The SMILES string of the molecule is COc1ccc(CN(CC(=O)NCc2cc(OC)c(OC)cc2OC)C2CC2)cc1. The van der Waals surface area contributed by atoms with Crippen molar-refractivity contribution in [1.29, 1.82) is 0 Å². The average molecular weight is 415 g/mol. The fourth-order valence-corrected chi connectivity index (χ4v) is 3.38. The maximum atomic E-state index is 12.7. The van der Waals surface area contributed by atoms with E-state index in [9.17, 15) is 4.79 Å². The Bertz CT molecular complexity index is 849. The van der Waals surface area contributed by atoms with Crippen molar-refractivity contribution in [2.75, 3.05) is 35.0 Å². The molecule has 7 nitrogen and oxygen atoms in total. The van der Waals surface area contributed by atoms with Crippen LogP contribution in [0, 0.1) is 0 Å². The molecule has 0 spiro atoms. The maximum Gasteiger partial charge on any atom is 0.234 e. The molecule has 1 N–H and O–H groups in total. The molecule has 0 heterocycles. The Balaban J connectivity index is 1.61. The van der Waals surface area contributed by atoms with Crippen molar-refractivity contribution < 1.29 is 23.7 Å². The van der Waals surface area contributed by atoms with Gasteiger partial charge in [0, 0.05) is 30.8 Å². The molecule has 1 aliphatic carbocycles.